The van der Waals surface area contributed by atoms with Gasteiger partial charge in [-0.1, -0.05) is 0 Å². The Hall–Kier alpha value is -1.76. The molecule has 0 aromatic heterocycles. The number of hydrogen-bond donors (Lipinski definition) is 2. The number of benzene rings is 2. The molecule has 0 spiro atoms. The summed E-state index contributed by atoms with van der Waals surface area (Å²) in [5, 5.41) is 5.92. The van der Waals surface area contributed by atoms with Gasteiger partial charge in [-0.05, 0) is 78.0 Å². The van der Waals surface area contributed by atoms with E-state index >= 15 is 0 Å². The van der Waals surface area contributed by atoms with Crippen molar-refractivity contribution in [3.8, 4) is 5.75 Å². The molecule has 0 saturated heterocycles. The molecule has 2 aromatic rings. The number of halogens is 1. The van der Waals surface area contributed by atoms with Crippen LogP contribution in [0.15, 0.2) is 48.5 Å². The molecule has 2 N–H and O–H groups in total. The van der Waals surface area contributed by atoms with Crippen LogP contribution in [0.5, 0.6) is 5.75 Å². The largest absolute Gasteiger partial charge is 0.494 e. The smallest absolute Gasteiger partial charge is 0.243 e. The van der Waals surface area contributed by atoms with Gasteiger partial charge in [0.1, 0.15) is 5.75 Å². The van der Waals surface area contributed by atoms with Crippen molar-refractivity contribution in [1.29, 1.82) is 0 Å². The van der Waals surface area contributed by atoms with E-state index < -0.39 is 0 Å². The highest BCUT2D eigenvalue weighted by Gasteiger charge is 2.02. The molecular weight excluding hydrogens is 379 g/mol. The summed E-state index contributed by atoms with van der Waals surface area (Å²) < 4.78 is 6.50. The minimum absolute atomic E-state index is 0.0786. The van der Waals surface area contributed by atoms with Crippen molar-refractivity contribution in [3.05, 3.63) is 52.1 Å². The van der Waals surface area contributed by atoms with Crippen molar-refractivity contribution < 1.29 is 9.53 Å². The Kier molecular flexibility index (Phi) is 5.86. The Morgan fingerprint density at radius 1 is 1.05 bits per heavy atom. The molecular formula is C16H17IN2O2. The molecule has 0 fully saturated rings. The summed E-state index contributed by atoms with van der Waals surface area (Å²) in [5.41, 5.74) is 1.69. The molecule has 2 aromatic carbocycles. The van der Waals surface area contributed by atoms with Gasteiger partial charge in [-0.15, -0.1) is 0 Å². The molecule has 0 bridgehead atoms. The highest BCUT2D eigenvalue weighted by molar-refractivity contribution is 14.1. The standard InChI is InChI=1S/C16H17IN2O2/c1-2-21-15-9-7-13(8-10-15)18-11-16(20)19-14-5-3-12(17)4-6-14/h3-10,18H,2,11H2,1H3,(H,19,20). The molecule has 0 aliphatic heterocycles. The maximum atomic E-state index is 11.8. The highest BCUT2D eigenvalue weighted by Crippen LogP contribution is 2.15. The summed E-state index contributed by atoms with van der Waals surface area (Å²) in [6, 6.07) is 15.2. The van der Waals surface area contributed by atoms with E-state index in [1.54, 1.807) is 0 Å². The summed E-state index contributed by atoms with van der Waals surface area (Å²) in [6.07, 6.45) is 0. The first-order valence-corrected chi connectivity index (χ1v) is 7.77. The van der Waals surface area contributed by atoms with Gasteiger partial charge in [0, 0.05) is 14.9 Å². The van der Waals surface area contributed by atoms with Gasteiger partial charge in [-0.25, -0.2) is 0 Å². The van der Waals surface area contributed by atoms with Crippen molar-refractivity contribution in [2.45, 2.75) is 6.92 Å². The van der Waals surface area contributed by atoms with E-state index in [4.69, 9.17) is 4.74 Å². The molecule has 4 nitrogen and oxygen atoms in total. The van der Waals surface area contributed by atoms with E-state index in [1.165, 1.54) is 0 Å². The monoisotopic (exact) mass is 396 g/mol. The maximum Gasteiger partial charge on any atom is 0.243 e. The first kappa shape index (κ1) is 15.6. The van der Waals surface area contributed by atoms with Crippen LogP contribution >= 0.6 is 22.6 Å². The summed E-state index contributed by atoms with van der Waals surface area (Å²) in [5.74, 6) is 0.747. The molecule has 0 unspecified atom stereocenters. The molecule has 0 atom stereocenters. The fourth-order valence-corrected chi connectivity index (χ4v) is 2.12. The molecule has 5 heteroatoms. The fourth-order valence-electron chi connectivity index (χ4n) is 1.76. The minimum atomic E-state index is -0.0786. The minimum Gasteiger partial charge on any atom is -0.494 e. The van der Waals surface area contributed by atoms with Crippen LogP contribution in [0.3, 0.4) is 0 Å². The predicted molar refractivity (Wildman–Crippen MR) is 93.9 cm³/mol. The molecule has 21 heavy (non-hydrogen) atoms. The molecule has 110 valence electrons. The molecule has 0 radical (unpaired) electrons. The van der Waals surface area contributed by atoms with Crippen LogP contribution in [0, 0.1) is 3.57 Å². The van der Waals surface area contributed by atoms with Gasteiger partial charge in [-0.3, -0.25) is 4.79 Å². The topological polar surface area (TPSA) is 50.4 Å². The molecule has 0 heterocycles. The second kappa shape index (κ2) is 7.87. The Morgan fingerprint density at radius 3 is 2.29 bits per heavy atom. The van der Waals surface area contributed by atoms with E-state index in [9.17, 15) is 4.79 Å². The summed E-state index contributed by atoms with van der Waals surface area (Å²) in [4.78, 5) is 11.8. The fraction of sp³-hybridized carbons (Fsp3) is 0.188. The Bertz CT molecular complexity index is 582. The molecule has 1 amide bonds. The molecule has 0 saturated carbocycles. The van der Waals surface area contributed by atoms with Crippen molar-refractivity contribution in [1.82, 2.24) is 0 Å². The molecule has 0 aliphatic rings. The summed E-state index contributed by atoms with van der Waals surface area (Å²) in [6.45, 7) is 2.81. The maximum absolute atomic E-state index is 11.8. The van der Waals surface area contributed by atoms with Gasteiger partial charge in [0.15, 0.2) is 0 Å². The van der Waals surface area contributed by atoms with Crippen molar-refractivity contribution in [2.24, 2.45) is 0 Å². The number of anilines is 2. The number of ether oxygens (including phenoxy) is 1. The second-order valence-corrected chi connectivity index (χ2v) is 5.61. The SMILES string of the molecule is CCOc1ccc(NCC(=O)Nc2ccc(I)cc2)cc1. The molecule has 0 aliphatic carbocycles. The normalized spacial score (nSPS) is 10.0. The van der Waals surface area contributed by atoms with E-state index in [2.05, 4.69) is 33.2 Å². The van der Waals surface area contributed by atoms with Crippen molar-refractivity contribution in [3.63, 3.8) is 0 Å². The third-order valence-electron chi connectivity index (χ3n) is 2.75. The third-order valence-corrected chi connectivity index (χ3v) is 3.47. The highest BCUT2D eigenvalue weighted by atomic mass is 127. The Balaban J connectivity index is 1.81. The van der Waals surface area contributed by atoms with Gasteiger partial charge < -0.3 is 15.4 Å². The predicted octanol–water partition coefficient (Wildman–Crippen LogP) is 3.74. The van der Waals surface area contributed by atoms with E-state index in [-0.39, 0.29) is 12.5 Å². The lowest BCUT2D eigenvalue weighted by Gasteiger charge is -2.09. The number of carbonyl (C=O) groups is 1. The van der Waals surface area contributed by atoms with Crippen LogP contribution in [-0.2, 0) is 4.79 Å². The van der Waals surface area contributed by atoms with Gasteiger partial charge in [0.25, 0.3) is 0 Å². The quantitative estimate of drug-likeness (QED) is 0.732. The lowest BCUT2D eigenvalue weighted by molar-refractivity contribution is -0.114. The van der Waals surface area contributed by atoms with E-state index in [1.807, 2.05) is 55.5 Å². The van der Waals surface area contributed by atoms with Crippen LogP contribution in [0.2, 0.25) is 0 Å². The summed E-state index contributed by atoms with van der Waals surface area (Å²) >= 11 is 2.23. The van der Waals surface area contributed by atoms with Gasteiger partial charge in [0.2, 0.25) is 5.91 Å². The average Bonchev–Trinajstić information content (AvgIpc) is 2.49. The van der Waals surface area contributed by atoms with Crippen molar-refractivity contribution in [2.75, 3.05) is 23.8 Å². The van der Waals surface area contributed by atoms with E-state index in [0.29, 0.717) is 6.61 Å². The van der Waals surface area contributed by atoms with E-state index in [0.717, 1.165) is 20.7 Å². The number of hydrogen-bond acceptors (Lipinski definition) is 3. The Labute approximate surface area is 138 Å². The lowest BCUT2D eigenvalue weighted by atomic mass is 10.3. The van der Waals surface area contributed by atoms with Crippen LogP contribution < -0.4 is 15.4 Å². The van der Waals surface area contributed by atoms with Crippen molar-refractivity contribution >= 4 is 39.9 Å². The van der Waals surface area contributed by atoms with Gasteiger partial charge in [0.05, 0.1) is 13.2 Å². The first-order chi connectivity index (χ1) is 10.2. The Morgan fingerprint density at radius 2 is 1.67 bits per heavy atom. The van der Waals surface area contributed by atoms with Crippen LogP contribution in [0.1, 0.15) is 6.92 Å². The van der Waals surface area contributed by atoms with Crippen LogP contribution in [-0.4, -0.2) is 19.1 Å². The number of carbonyl (C=O) groups excluding carboxylic acids is 1. The van der Waals surface area contributed by atoms with Crippen LogP contribution in [0.25, 0.3) is 0 Å². The second-order valence-electron chi connectivity index (χ2n) is 4.37. The summed E-state index contributed by atoms with van der Waals surface area (Å²) in [7, 11) is 0. The zero-order chi connectivity index (χ0) is 15.1. The zero-order valence-electron chi connectivity index (χ0n) is 11.7. The van der Waals surface area contributed by atoms with Gasteiger partial charge >= 0.3 is 0 Å². The molecule has 2 rings (SSSR count). The zero-order valence-corrected chi connectivity index (χ0v) is 13.9. The van der Waals surface area contributed by atoms with Crippen LogP contribution in [0.4, 0.5) is 11.4 Å². The lowest BCUT2D eigenvalue weighted by Crippen LogP contribution is -2.21. The number of nitrogens with one attached hydrogen (secondary N) is 2. The van der Waals surface area contributed by atoms with Gasteiger partial charge in [-0.2, -0.15) is 0 Å². The number of rotatable bonds is 6. The average molecular weight is 396 g/mol. The number of amides is 1. The third kappa shape index (κ3) is 5.26. The first-order valence-electron chi connectivity index (χ1n) is 6.69.